The highest BCUT2D eigenvalue weighted by molar-refractivity contribution is 7.21. The highest BCUT2D eigenvalue weighted by Gasteiger charge is 2.22. The fourth-order valence-corrected chi connectivity index (χ4v) is 3.75. The number of nitrogen functional groups attached to an aromatic ring is 1. The van der Waals surface area contributed by atoms with Gasteiger partial charge in [0.1, 0.15) is 9.71 Å². The predicted molar refractivity (Wildman–Crippen MR) is 106 cm³/mol. The Bertz CT molecular complexity index is 987. The Morgan fingerprint density at radius 2 is 1.77 bits per heavy atom. The number of thiophene rings is 1. The van der Waals surface area contributed by atoms with Gasteiger partial charge in [0, 0.05) is 22.1 Å². The lowest BCUT2D eigenvalue weighted by Crippen LogP contribution is -2.12. The monoisotopic (exact) mass is 370 g/mol. The number of aromatic nitrogens is 1. The van der Waals surface area contributed by atoms with Gasteiger partial charge < -0.3 is 15.2 Å². The van der Waals surface area contributed by atoms with Crippen molar-refractivity contribution in [3.8, 4) is 11.5 Å². The van der Waals surface area contributed by atoms with Crippen LogP contribution in [0.5, 0.6) is 11.5 Å². The van der Waals surface area contributed by atoms with Crippen molar-refractivity contribution in [2.24, 2.45) is 0 Å². The van der Waals surface area contributed by atoms with Gasteiger partial charge in [-0.25, -0.2) is 4.98 Å². The number of nitrogens with two attached hydrogens (primary N) is 1. The standard InChI is InChI=1S/C20H22N2O3S/c1-20(2,3)15-9-7-12-16(21)18(26-19(12)22-15)17(23)11-6-8-13(24-4)14(10-11)25-5/h6-10H,21H2,1-5H3. The first-order chi connectivity index (χ1) is 12.3. The van der Waals surface area contributed by atoms with Crippen molar-refractivity contribution in [1.82, 2.24) is 4.98 Å². The van der Waals surface area contributed by atoms with Crippen molar-refractivity contribution in [3.63, 3.8) is 0 Å². The van der Waals surface area contributed by atoms with Crippen LogP contribution in [-0.4, -0.2) is 25.0 Å². The smallest absolute Gasteiger partial charge is 0.205 e. The van der Waals surface area contributed by atoms with Gasteiger partial charge in [0.2, 0.25) is 5.78 Å². The molecular weight excluding hydrogens is 348 g/mol. The molecule has 0 atom stereocenters. The first-order valence-corrected chi connectivity index (χ1v) is 9.04. The molecule has 2 heterocycles. The molecule has 3 aromatic rings. The maximum atomic E-state index is 13.0. The van der Waals surface area contributed by atoms with Crippen molar-refractivity contribution < 1.29 is 14.3 Å². The number of carbonyl (C=O) groups excluding carboxylic acids is 1. The van der Waals surface area contributed by atoms with Crippen LogP contribution < -0.4 is 15.2 Å². The Labute approximate surface area is 156 Å². The number of nitrogens with zero attached hydrogens (tertiary/aromatic N) is 1. The molecule has 2 aromatic heterocycles. The van der Waals surface area contributed by atoms with E-state index in [4.69, 9.17) is 20.2 Å². The van der Waals surface area contributed by atoms with E-state index in [1.165, 1.54) is 18.4 Å². The van der Waals surface area contributed by atoms with Gasteiger partial charge in [0.05, 0.1) is 19.9 Å². The highest BCUT2D eigenvalue weighted by atomic mass is 32.1. The second-order valence-electron chi connectivity index (χ2n) is 7.04. The van der Waals surface area contributed by atoms with Gasteiger partial charge in [-0.2, -0.15) is 0 Å². The van der Waals surface area contributed by atoms with Gasteiger partial charge in [-0.3, -0.25) is 4.79 Å². The molecule has 0 spiro atoms. The molecule has 2 N–H and O–H groups in total. The number of hydrogen-bond donors (Lipinski definition) is 1. The molecule has 136 valence electrons. The molecule has 0 fully saturated rings. The van der Waals surface area contributed by atoms with E-state index in [0.717, 1.165) is 15.9 Å². The number of carbonyl (C=O) groups is 1. The third-order valence-corrected chi connectivity index (χ3v) is 5.33. The van der Waals surface area contributed by atoms with Crippen molar-refractivity contribution in [3.05, 3.63) is 46.5 Å². The number of methoxy groups -OCH3 is 2. The molecule has 1 aromatic carbocycles. The zero-order chi connectivity index (χ0) is 19.1. The van der Waals surface area contributed by atoms with Crippen LogP contribution in [0.2, 0.25) is 0 Å². The summed E-state index contributed by atoms with van der Waals surface area (Å²) in [4.78, 5) is 19.0. The van der Waals surface area contributed by atoms with Gasteiger partial charge >= 0.3 is 0 Å². The number of ketones is 1. The maximum absolute atomic E-state index is 13.0. The quantitative estimate of drug-likeness (QED) is 0.688. The van der Waals surface area contributed by atoms with Crippen molar-refractivity contribution in [2.75, 3.05) is 20.0 Å². The van der Waals surface area contributed by atoms with Crippen LogP contribution in [0.3, 0.4) is 0 Å². The van der Waals surface area contributed by atoms with Crippen LogP contribution in [0.4, 0.5) is 5.69 Å². The summed E-state index contributed by atoms with van der Waals surface area (Å²) in [6.07, 6.45) is 0. The zero-order valence-corrected chi connectivity index (χ0v) is 16.4. The number of fused-ring (bicyclic) bond motifs is 1. The first-order valence-electron chi connectivity index (χ1n) is 8.22. The topological polar surface area (TPSA) is 74.4 Å². The largest absolute Gasteiger partial charge is 0.493 e. The fraction of sp³-hybridized carbons (Fsp3) is 0.300. The summed E-state index contributed by atoms with van der Waals surface area (Å²) >= 11 is 1.32. The van der Waals surface area contributed by atoms with Crippen LogP contribution >= 0.6 is 11.3 Å². The minimum absolute atomic E-state index is 0.0690. The fourth-order valence-electron chi connectivity index (χ4n) is 2.69. The predicted octanol–water partition coefficient (Wildman–Crippen LogP) is 4.42. The SMILES string of the molecule is COc1ccc(C(=O)c2sc3nc(C(C)(C)C)ccc3c2N)cc1OC. The maximum Gasteiger partial charge on any atom is 0.205 e. The molecule has 0 aliphatic carbocycles. The summed E-state index contributed by atoms with van der Waals surface area (Å²) < 4.78 is 10.5. The molecule has 0 bridgehead atoms. The Morgan fingerprint density at radius 1 is 1.08 bits per heavy atom. The molecule has 6 heteroatoms. The summed E-state index contributed by atoms with van der Waals surface area (Å²) in [5.74, 6) is 0.930. The molecule has 0 saturated carbocycles. The van der Waals surface area contributed by atoms with Gasteiger partial charge in [0.25, 0.3) is 0 Å². The van der Waals surface area contributed by atoms with Gasteiger partial charge in [0.15, 0.2) is 11.5 Å². The molecule has 0 unspecified atom stereocenters. The highest BCUT2D eigenvalue weighted by Crippen LogP contribution is 2.37. The van der Waals surface area contributed by atoms with E-state index in [2.05, 4.69) is 20.8 Å². The molecule has 0 radical (unpaired) electrons. The molecule has 3 rings (SSSR count). The summed E-state index contributed by atoms with van der Waals surface area (Å²) in [6, 6.07) is 9.00. The molecule has 0 aliphatic heterocycles. The Hall–Kier alpha value is -2.60. The van der Waals surface area contributed by atoms with Crippen molar-refractivity contribution in [2.45, 2.75) is 26.2 Å². The first kappa shape index (κ1) is 18.2. The normalized spacial score (nSPS) is 11.6. The third-order valence-electron chi connectivity index (χ3n) is 4.21. The summed E-state index contributed by atoms with van der Waals surface area (Å²) in [5, 5.41) is 0.812. The summed E-state index contributed by atoms with van der Waals surface area (Å²) in [7, 11) is 3.10. The molecular formula is C20H22N2O3S. The van der Waals surface area contributed by atoms with Gasteiger partial charge in [-0.1, -0.05) is 20.8 Å². The van der Waals surface area contributed by atoms with Crippen LogP contribution in [-0.2, 0) is 5.41 Å². The number of hydrogen-bond acceptors (Lipinski definition) is 6. The molecule has 26 heavy (non-hydrogen) atoms. The van der Waals surface area contributed by atoms with E-state index in [9.17, 15) is 4.79 Å². The van der Waals surface area contributed by atoms with Crippen LogP contribution in [0.25, 0.3) is 10.2 Å². The van der Waals surface area contributed by atoms with E-state index in [0.29, 0.717) is 27.6 Å². The lowest BCUT2D eigenvalue weighted by molar-refractivity contribution is 0.104. The minimum atomic E-state index is -0.149. The van der Waals surface area contributed by atoms with E-state index in [1.54, 1.807) is 25.3 Å². The number of rotatable bonds is 4. The molecule has 0 saturated heterocycles. The molecule has 0 amide bonds. The third kappa shape index (κ3) is 3.12. The average Bonchev–Trinajstić information content (AvgIpc) is 2.96. The second kappa shape index (κ2) is 6.61. The summed E-state index contributed by atoms with van der Waals surface area (Å²) in [6.45, 7) is 6.31. The number of anilines is 1. The number of pyridine rings is 1. The van der Waals surface area contributed by atoms with Gasteiger partial charge in [-0.15, -0.1) is 11.3 Å². The molecule has 5 nitrogen and oxygen atoms in total. The Kier molecular flexibility index (Phi) is 4.63. The average molecular weight is 370 g/mol. The Morgan fingerprint density at radius 3 is 2.38 bits per heavy atom. The van der Waals surface area contributed by atoms with Crippen LogP contribution in [0.1, 0.15) is 41.7 Å². The lowest BCUT2D eigenvalue weighted by atomic mass is 9.91. The van der Waals surface area contributed by atoms with Gasteiger partial charge in [-0.05, 0) is 30.3 Å². The lowest BCUT2D eigenvalue weighted by Gasteiger charge is -2.17. The molecule has 0 aliphatic rings. The van der Waals surface area contributed by atoms with Crippen molar-refractivity contribution >= 4 is 33.0 Å². The van der Waals surface area contributed by atoms with E-state index >= 15 is 0 Å². The van der Waals surface area contributed by atoms with Crippen molar-refractivity contribution in [1.29, 1.82) is 0 Å². The van der Waals surface area contributed by atoms with E-state index < -0.39 is 0 Å². The minimum Gasteiger partial charge on any atom is -0.493 e. The van der Waals surface area contributed by atoms with E-state index in [1.807, 2.05) is 12.1 Å². The van der Waals surface area contributed by atoms with Crippen LogP contribution in [0, 0.1) is 0 Å². The van der Waals surface area contributed by atoms with E-state index in [-0.39, 0.29) is 11.2 Å². The summed E-state index contributed by atoms with van der Waals surface area (Å²) in [5.41, 5.74) is 8.12. The number of ether oxygens (including phenoxy) is 2. The Balaban J connectivity index is 2.07. The number of benzene rings is 1. The second-order valence-corrected chi connectivity index (χ2v) is 8.04. The zero-order valence-electron chi connectivity index (χ0n) is 15.5. The van der Waals surface area contributed by atoms with Crippen LogP contribution in [0.15, 0.2) is 30.3 Å².